The molecule has 0 amide bonds. The highest BCUT2D eigenvalue weighted by molar-refractivity contribution is 5.38. The van der Waals surface area contributed by atoms with Gasteiger partial charge in [0.05, 0.1) is 0 Å². The first-order chi connectivity index (χ1) is 7.36. The van der Waals surface area contributed by atoms with Crippen LogP contribution in [0.1, 0.15) is 25.0 Å². The highest BCUT2D eigenvalue weighted by Gasteiger charge is 1.95. The largest absolute Gasteiger partial charge is 0.370 e. The van der Waals surface area contributed by atoms with Crippen molar-refractivity contribution in [3.63, 3.8) is 0 Å². The Morgan fingerprint density at radius 2 is 2.27 bits per heavy atom. The van der Waals surface area contributed by atoms with Crippen LogP contribution in [0.25, 0.3) is 0 Å². The highest BCUT2D eigenvalue weighted by atomic mass is 15.0. The van der Waals surface area contributed by atoms with E-state index in [9.17, 15) is 0 Å². The van der Waals surface area contributed by atoms with Crippen LogP contribution in [0.2, 0.25) is 0 Å². The van der Waals surface area contributed by atoms with Crippen LogP contribution in [0.5, 0.6) is 0 Å². The molecule has 0 saturated carbocycles. The summed E-state index contributed by atoms with van der Waals surface area (Å²) in [6.45, 7) is 0.837. The molecule has 0 saturated heterocycles. The van der Waals surface area contributed by atoms with Crippen LogP contribution in [0.15, 0.2) is 18.2 Å². The van der Waals surface area contributed by atoms with Crippen molar-refractivity contribution in [3.8, 4) is 18.4 Å². The van der Waals surface area contributed by atoms with Gasteiger partial charge in [-0.05, 0) is 25.0 Å². The molecule has 1 N–H and O–H groups in total. The standard InChI is InChI=1S/C12H13N3/c1-2-3-4-5-9-14-12-8-6-7-11(10-13)15-12/h1,6-8H,3-5,9H2,(H,14,15). The Kier molecular flexibility index (Phi) is 4.77. The molecule has 3 heteroatoms. The third-order valence-corrected chi connectivity index (χ3v) is 1.92. The fourth-order valence-corrected chi connectivity index (χ4v) is 1.16. The third-order valence-electron chi connectivity index (χ3n) is 1.92. The molecule has 0 aromatic carbocycles. The number of anilines is 1. The third kappa shape index (κ3) is 4.15. The van der Waals surface area contributed by atoms with E-state index < -0.39 is 0 Å². The number of aromatic nitrogens is 1. The molecule has 0 atom stereocenters. The van der Waals surface area contributed by atoms with Crippen LogP contribution in [0.4, 0.5) is 5.82 Å². The van der Waals surface area contributed by atoms with Crippen molar-refractivity contribution in [1.82, 2.24) is 4.98 Å². The minimum absolute atomic E-state index is 0.434. The Morgan fingerprint density at radius 3 is 3.00 bits per heavy atom. The molecular formula is C12H13N3. The van der Waals surface area contributed by atoms with Crippen molar-refractivity contribution in [2.24, 2.45) is 0 Å². The number of hydrogen-bond acceptors (Lipinski definition) is 3. The average molecular weight is 199 g/mol. The van der Waals surface area contributed by atoms with Crippen LogP contribution in [0.3, 0.4) is 0 Å². The number of nitrogens with one attached hydrogen (secondary N) is 1. The first kappa shape index (κ1) is 11.1. The molecular weight excluding hydrogens is 186 g/mol. The Balaban J connectivity index is 2.32. The lowest BCUT2D eigenvalue weighted by Crippen LogP contribution is -2.03. The van der Waals surface area contributed by atoms with Crippen LogP contribution in [0, 0.1) is 23.7 Å². The van der Waals surface area contributed by atoms with Gasteiger partial charge in [-0.1, -0.05) is 6.07 Å². The normalized spacial score (nSPS) is 8.93. The fourth-order valence-electron chi connectivity index (χ4n) is 1.16. The number of nitriles is 1. The number of unbranched alkanes of at least 4 members (excludes halogenated alkanes) is 2. The molecule has 1 rings (SSSR count). The number of nitrogens with zero attached hydrogens (tertiary/aromatic N) is 2. The van der Waals surface area contributed by atoms with Gasteiger partial charge in [0.25, 0.3) is 0 Å². The van der Waals surface area contributed by atoms with E-state index in [1.54, 1.807) is 6.07 Å². The Bertz CT molecular complexity index is 385. The van der Waals surface area contributed by atoms with Gasteiger partial charge in [-0.3, -0.25) is 0 Å². The second kappa shape index (κ2) is 6.45. The van der Waals surface area contributed by atoms with E-state index in [1.807, 2.05) is 18.2 Å². The van der Waals surface area contributed by atoms with Gasteiger partial charge < -0.3 is 5.32 Å². The second-order valence-electron chi connectivity index (χ2n) is 3.11. The number of terminal acetylenes is 1. The van der Waals surface area contributed by atoms with Crippen molar-refractivity contribution in [3.05, 3.63) is 23.9 Å². The highest BCUT2D eigenvalue weighted by Crippen LogP contribution is 2.04. The fraction of sp³-hybridized carbons (Fsp3) is 0.333. The summed E-state index contributed by atoms with van der Waals surface area (Å²) >= 11 is 0. The van der Waals surface area contributed by atoms with E-state index in [-0.39, 0.29) is 0 Å². The van der Waals surface area contributed by atoms with Gasteiger partial charge in [0, 0.05) is 13.0 Å². The zero-order chi connectivity index (χ0) is 10.9. The van der Waals surface area contributed by atoms with Gasteiger partial charge in [0.2, 0.25) is 0 Å². The van der Waals surface area contributed by atoms with Crippen molar-refractivity contribution >= 4 is 5.82 Å². The monoisotopic (exact) mass is 199 g/mol. The molecule has 0 radical (unpaired) electrons. The molecule has 1 aromatic heterocycles. The smallest absolute Gasteiger partial charge is 0.142 e. The van der Waals surface area contributed by atoms with E-state index >= 15 is 0 Å². The summed E-state index contributed by atoms with van der Waals surface area (Å²) in [5.41, 5.74) is 0.434. The van der Waals surface area contributed by atoms with Gasteiger partial charge >= 0.3 is 0 Å². The van der Waals surface area contributed by atoms with E-state index in [2.05, 4.69) is 16.2 Å². The second-order valence-corrected chi connectivity index (χ2v) is 3.11. The van der Waals surface area contributed by atoms with Gasteiger partial charge in [0.15, 0.2) is 0 Å². The molecule has 0 aliphatic heterocycles. The Labute approximate surface area is 90.1 Å². The summed E-state index contributed by atoms with van der Waals surface area (Å²) in [6, 6.07) is 7.35. The topological polar surface area (TPSA) is 48.7 Å². The predicted molar refractivity (Wildman–Crippen MR) is 60.1 cm³/mol. The molecule has 0 unspecified atom stereocenters. The molecule has 0 bridgehead atoms. The summed E-state index contributed by atoms with van der Waals surface area (Å²) in [5, 5.41) is 11.8. The van der Waals surface area contributed by atoms with E-state index in [1.165, 1.54) is 0 Å². The molecule has 0 aliphatic rings. The van der Waals surface area contributed by atoms with Gasteiger partial charge in [-0.2, -0.15) is 5.26 Å². The SMILES string of the molecule is C#CCCCCNc1cccc(C#N)n1. The van der Waals surface area contributed by atoms with Gasteiger partial charge in [-0.15, -0.1) is 12.3 Å². The number of hydrogen-bond donors (Lipinski definition) is 1. The van der Waals surface area contributed by atoms with E-state index in [0.717, 1.165) is 31.6 Å². The van der Waals surface area contributed by atoms with E-state index in [0.29, 0.717) is 5.69 Å². The maximum absolute atomic E-state index is 8.64. The van der Waals surface area contributed by atoms with Crippen molar-refractivity contribution in [2.75, 3.05) is 11.9 Å². The molecule has 76 valence electrons. The first-order valence-electron chi connectivity index (χ1n) is 4.91. The zero-order valence-corrected chi connectivity index (χ0v) is 8.53. The van der Waals surface area contributed by atoms with Gasteiger partial charge in [0.1, 0.15) is 17.6 Å². The molecule has 15 heavy (non-hydrogen) atoms. The van der Waals surface area contributed by atoms with Crippen molar-refractivity contribution in [2.45, 2.75) is 19.3 Å². The van der Waals surface area contributed by atoms with Crippen molar-refractivity contribution < 1.29 is 0 Å². The molecule has 3 nitrogen and oxygen atoms in total. The maximum Gasteiger partial charge on any atom is 0.142 e. The summed E-state index contributed by atoms with van der Waals surface area (Å²) in [7, 11) is 0. The van der Waals surface area contributed by atoms with Crippen LogP contribution < -0.4 is 5.32 Å². The van der Waals surface area contributed by atoms with Crippen LogP contribution >= 0.6 is 0 Å². The first-order valence-corrected chi connectivity index (χ1v) is 4.91. The quantitative estimate of drug-likeness (QED) is 0.584. The Hall–Kier alpha value is -2.00. The summed E-state index contributed by atoms with van der Waals surface area (Å²) in [6.07, 6.45) is 7.99. The lowest BCUT2D eigenvalue weighted by molar-refractivity contribution is 0.787. The lowest BCUT2D eigenvalue weighted by atomic mass is 10.2. The molecule has 0 spiro atoms. The number of pyridine rings is 1. The lowest BCUT2D eigenvalue weighted by Gasteiger charge is -2.04. The Morgan fingerprint density at radius 1 is 1.40 bits per heavy atom. The molecule has 0 fully saturated rings. The average Bonchev–Trinajstić information content (AvgIpc) is 2.29. The molecule has 1 aromatic rings. The molecule has 0 aliphatic carbocycles. The van der Waals surface area contributed by atoms with E-state index in [4.69, 9.17) is 11.7 Å². The zero-order valence-electron chi connectivity index (χ0n) is 8.53. The minimum atomic E-state index is 0.434. The summed E-state index contributed by atoms with van der Waals surface area (Å²) in [5.74, 6) is 3.34. The van der Waals surface area contributed by atoms with Gasteiger partial charge in [-0.25, -0.2) is 4.98 Å². The summed E-state index contributed by atoms with van der Waals surface area (Å²) < 4.78 is 0. The number of rotatable bonds is 5. The predicted octanol–water partition coefficient (Wildman–Crippen LogP) is 2.17. The van der Waals surface area contributed by atoms with Crippen LogP contribution in [-0.4, -0.2) is 11.5 Å². The summed E-state index contributed by atoms with van der Waals surface area (Å²) in [4.78, 5) is 4.10. The minimum Gasteiger partial charge on any atom is -0.370 e. The van der Waals surface area contributed by atoms with Crippen LogP contribution in [-0.2, 0) is 0 Å². The maximum atomic E-state index is 8.64. The van der Waals surface area contributed by atoms with Crippen molar-refractivity contribution in [1.29, 1.82) is 5.26 Å². The molecule has 1 heterocycles.